The van der Waals surface area contributed by atoms with Crippen LogP contribution in [0.25, 0.3) is 6.08 Å². The molecule has 0 saturated heterocycles. The van der Waals surface area contributed by atoms with Crippen molar-refractivity contribution in [3.05, 3.63) is 71.3 Å². The molecule has 0 fully saturated rings. The highest BCUT2D eigenvalue weighted by atomic mass is 16.5. The van der Waals surface area contributed by atoms with Gasteiger partial charge in [-0.1, -0.05) is 24.3 Å². The van der Waals surface area contributed by atoms with Crippen LogP contribution in [0.5, 0.6) is 0 Å². The van der Waals surface area contributed by atoms with Gasteiger partial charge in [0, 0.05) is 29.9 Å². The Morgan fingerprint density at radius 1 is 1.00 bits per heavy atom. The van der Waals surface area contributed by atoms with Gasteiger partial charge in [-0.05, 0) is 62.2 Å². The highest BCUT2D eigenvalue weighted by Crippen LogP contribution is 2.13. The van der Waals surface area contributed by atoms with Crippen LogP contribution in [-0.4, -0.2) is 30.6 Å². The lowest BCUT2D eigenvalue weighted by molar-refractivity contribution is -0.137. The molecule has 0 aromatic heterocycles. The van der Waals surface area contributed by atoms with E-state index in [9.17, 15) is 14.4 Å². The number of ether oxygens (including phenoxy) is 1. The SMILES string of the molecule is CCOC(=O)/C=C/c1ccc(NC(=O)c2ccc(CNC(=O)NC(C)C)cc2)cc1. The van der Waals surface area contributed by atoms with Crippen molar-refractivity contribution < 1.29 is 19.1 Å². The molecule has 30 heavy (non-hydrogen) atoms. The fourth-order valence-corrected chi connectivity index (χ4v) is 2.50. The molecular weight excluding hydrogens is 382 g/mol. The number of amides is 3. The Morgan fingerprint density at radius 2 is 1.67 bits per heavy atom. The van der Waals surface area contributed by atoms with E-state index >= 15 is 0 Å². The van der Waals surface area contributed by atoms with Crippen LogP contribution in [0.2, 0.25) is 0 Å². The molecule has 7 heteroatoms. The van der Waals surface area contributed by atoms with Crippen molar-refractivity contribution in [3.8, 4) is 0 Å². The quantitative estimate of drug-likeness (QED) is 0.457. The summed E-state index contributed by atoms with van der Waals surface area (Å²) in [5.74, 6) is -0.629. The minimum Gasteiger partial charge on any atom is -0.463 e. The third kappa shape index (κ3) is 7.79. The Labute approximate surface area is 176 Å². The van der Waals surface area contributed by atoms with Gasteiger partial charge in [-0.3, -0.25) is 4.79 Å². The summed E-state index contributed by atoms with van der Waals surface area (Å²) in [4.78, 5) is 35.4. The molecule has 0 spiro atoms. The number of carbonyl (C=O) groups excluding carboxylic acids is 3. The van der Waals surface area contributed by atoms with Crippen LogP contribution in [0.3, 0.4) is 0 Å². The summed E-state index contributed by atoms with van der Waals surface area (Å²) in [7, 11) is 0. The van der Waals surface area contributed by atoms with Crippen molar-refractivity contribution >= 4 is 29.7 Å². The predicted molar refractivity (Wildman–Crippen MR) is 117 cm³/mol. The summed E-state index contributed by atoms with van der Waals surface area (Å²) in [6.45, 7) is 6.24. The summed E-state index contributed by atoms with van der Waals surface area (Å²) >= 11 is 0. The number of carbonyl (C=O) groups is 3. The van der Waals surface area contributed by atoms with Gasteiger partial charge >= 0.3 is 12.0 Å². The van der Waals surface area contributed by atoms with E-state index in [1.807, 2.05) is 13.8 Å². The molecule has 0 saturated carbocycles. The van der Waals surface area contributed by atoms with Crippen molar-refractivity contribution in [1.29, 1.82) is 0 Å². The maximum absolute atomic E-state index is 12.4. The average Bonchev–Trinajstić information content (AvgIpc) is 2.72. The molecule has 158 valence electrons. The van der Waals surface area contributed by atoms with Crippen LogP contribution in [0.4, 0.5) is 10.5 Å². The maximum Gasteiger partial charge on any atom is 0.330 e. The molecular formula is C23H27N3O4. The Balaban J connectivity index is 1.88. The van der Waals surface area contributed by atoms with Crippen LogP contribution in [0, 0.1) is 0 Å². The molecule has 2 aromatic rings. The third-order valence-electron chi connectivity index (χ3n) is 3.96. The second kappa shape index (κ2) is 11.4. The Kier molecular flexibility index (Phi) is 8.62. The molecule has 7 nitrogen and oxygen atoms in total. The molecule has 3 amide bonds. The van der Waals surface area contributed by atoms with Gasteiger partial charge in [-0.15, -0.1) is 0 Å². The van der Waals surface area contributed by atoms with E-state index in [1.54, 1.807) is 61.5 Å². The standard InChI is InChI=1S/C23H27N3O4/c1-4-30-21(27)14-9-17-7-12-20(13-8-17)26-22(28)19-10-5-18(6-11-19)15-24-23(29)25-16(2)3/h5-14,16H,4,15H2,1-3H3,(H,26,28)(H2,24,25,29)/b14-9+. The Morgan fingerprint density at radius 3 is 2.27 bits per heavy atom. The first-order valence-corrected chi connectivity index (χ1v) is 9.77. The molecule has 0 bridgehead atoms. The molecule has 0 aliphatic carbocycles. The van der Waals surface area contributed by atoms with Gasteiger partial charge in [0.1, 0.15) is 0 Å². The summed E-state index contributed by atoms with van der Waals surface area (Å²) in [5.41, 5.74) is 2.86. The van der Waals surface area contributed by atoms with Gasteiger partial charge < -0.3 is 20.7 Å². The number of hydrogen-bond acceptors (Lipinski definition) is 4. The zero-order valence-electron chi connectivity index (χ0n) is 17.4. The van der Waals surface area contributed by atoms with Crippen molar-refractivity contribution in [2.24, 2.45) is 0 Å². The van der Waals surface area contributed by atoms with Gasteiger partial charge in [0.15, 0.2) is 0 Å². The number of nitrogens with one attached hydrogen (secondary N) is 3. The average molecular weight is 409 g/mol. The van der Waals surface area contributed by atoms with Crippen LogP contribution >= 0.6 is 0 Å². The number of hydrogen-bond donors (Lipinski definition) is 3. The zero-order valence-corrected chi connectivity index (χ0v) is 17.4. The van der Waals surface area contributed by atoms with Gasteiger partial charge in [-0.2, -0.15) is 0 Å². The number of anilines is 1. The number of urea groups is 1. The lowest BCUT2D eigenvalue weighted by Crippen LogP contribution is -2.39. The van der Waals surface area contributed by atoms with Gasteiger partial charge in [0.05, 0.1) is 6.61 Å². The molecule has 3 N–H and O–H groups in total. The fourth-order valence-electron chi connectivity index (χ4n) is 2.50. The normalized spacial score (nSPS) is 10.7. The monoisotopic (exact) mass is 409 g/mol. The summed E-state index contributed by atoms with van der Waals surface area (Å²) in [5, 5.41) is 8.34. The number of rotatable bonds is 8. The molecule has 0 radical (unpaired) electrons. The molecule has 2 aromatic carbocycles. The van der Waals surface area contributed by atoms with E-state index in [2.05, 4.69) is 16.0 Å². The van der Waals surface area contributed by atoms with Crippen LogP contribution in [-0.2, 0) is 16.1 Å². The minimum atomic E-state index is -0.394. The third-order valence-corrected chi connectivity index (χ3v) is 3.96. The van der Waals surface area contributed by atoms with E-state index in [0.29, 0.717) is 24.4 Å². The van der Waals surface area contributed by atoms with Crippen molar-refractivity contribution in [3.63, 3.8) is 0 Å². The zero-order chi connectivity index (χ0) is 21.9. The molecule has 0 heterocycles. The van der Waals surface area contributed by atoms with E-state index in [-0.39, 0.29) is 18.0 Å². The lowest BCUT2D eigenvalue weighted by atomic mass is 10.1. The fraction of sp³-hybridized carbons (Fsp3) is 0.261. The first-order chi connectivity index (χ1) is 14.4. The molecule has 0 atom stereocenters. The first kappa shape index (κ1) is 22.7. The minimum absolute atomic E-state index is 0.0683. The van der Waals surface area contributed by atoms with Crippen molar-refractivity contribution in [2.75, 3.05) is 11.9 Å². The Bertz CT molecular complexity index is 888. The molecule has 0 aliphatic rings. The molecule has 2 rings (SSSR count). The van der Waals surface area contributed by atoms with Gasteiger partial charge in [-0.25, -0.2) is 9.59 Å². The predicted octanol–water partition coefficient (Wildman–Crippen LogP) is 3.72. The second-order valence-corrected chi connectivity index (χ2v) is 6.84. The summed E-state index contributed by atoms with van der Waals surface area (Å²) in [6, 6.07) is 14.0. The van der Waals surface area contributed by atoms with E-state index in [1.165, 1.54) is 6.08 Å². The van der Waals surface area contributed by atoms with Crippen LogP contribution < -0.4 is 16.0 Å². The lowest BCUT2D eigenvalue weighted by Gasteiger charge is -2.10. The highest BCUT2D eigenvalue weighted by molar-refractivity contribution is 6.04. The Hall–Kier alpha value is -3.61. The maximum atomic E-state index is 12.4. The second-order valence-electron chi connectivity index (χ2n) is 6.84. The summed E-state index contributed by atoms with van der Waals surface area (Å²) < 4.78 is 4.83. The van der Waals surface area contributed by atoms with Crippen LogP contribution in [0.1, 0.15) is 42.3 Å². The van der Waals surface area contributed by atoms with Gasteiger partial charge in [0.2, 0.25) is 0 Å². The van der Waals surface area contributed by atoms with Crippen molar-refractivity contribution in [2.45, 2.75) is 33.4 Å². The highest BCUT2D eigenvalue weighted by Gasteiger charge is 2.07. The molecule has 0 unspecified atom stereocenters. The number of benzene rings is 2. The smallest absolute Gasteiger partial charge is 0.330 e. The first-order valence-electron chi connectivity index (χ1n) is 9.77. The largest absolute Gasteiger partial charge is 0.463 e. The topological polar surface area (TPSA) is 96.5 Å². The van der Waals surface area contributed by atoms with Gasteiger partial charge in [0.25, 0.3) is 5.91 Å². The molecule has 0 aliphatic heterocycles. The summed E-state index contributed by atoms with van der Waals surface area (Å²) in [6.07, 6.45) is 3.01. The van der Waals surface area contributed by atoms with Crippen LogP contribution in [0.15, 0.2) is 54.6 Å². The number of esters is 1. The van der Waals surface area contributed by atoms with Crippen molar-refractivity contribution in [1.82, 2.24) is 10.6 Å². The van der Waals surface area contributed by atoms with E-state index in [4.69, 9.17) is 4.74 Å². The van der Waals surface area contributed by atoms with E-state index < -0.39 is 5.97 Å². The van der Waals surface area contributed by atoms with E-state index in [0.717, 1.165) is 11.1 Å².